The van der Waals surface area contributed by atoms with Crippen molar-refractivity contribution in [3.8, 4) is 11.5 Å². The highest BCUT2D eigenvalue weighted by Crippen LogP contribution is 2.34. The van der Waals surface area contributed by atoms with E-state index in [-0.39, 0.29) is 30.1 Å². The molecule has 122 valence electrons. The lowest BCUT2D eigenvalue weighted by atomic mass is 10.1. The molecule has 1 rings (SSSR count). The van der Waals surface area contributed by atoms with Crippen LogP contribution in [0.4, 0.5) is 0 Å². The Kier molecular flexibility index (Phi) is 6.68. The summed E-state index contributed by atoms with van der Waals surface area (Å²) in [4.78, 5) is 23.9. The summed E-state index contributed by atoms with van der Waals surface area (Å²) in [7, 11) is 0. The monoisotopic (exact) mass is 328 g/mol. The molecule has 0 saturated carbocycles. The van der Waals surface area contributed by atoms with Crippen molar-refractivity contribution in [3.63, 3.8) is 0 Å². The molecule has 0 aliphatic heterocycles. The Balaban J connectivity index is 3.29. The summed E-state index contributed by atoms with van der Waals surface area (Å²) in [5.74, 6) is -1.17. The van der Waals surface area contributed by atoms with Crippen LogP contribution < -0.4 is 9.47 Å². The molecule has 0 spiro atoms. The zero-order valence-electron chi connectivity index (χ0n) is 13.4. The van der Waals surface area contributed by atoms with Crippen LogP contribution in [0.2, 0.25) is 5.02 Å². The first-order chi connectivity index (χ1) is 10.3. The minimum absolute atomic E-state index is 0.0761. The van der Waals surface area contributed by atoms with Gasteiger partial charge in [0.05, 0.1) is 29.4 Å². The number of ketones is 1. The number of carbonyl (C=O) groups excluding carboxylic acids is 2. The van der Waals surface area contributed by atoms with Crippen molar-refractivity contribution in [1.82, 2.24) is 0 Å². The minimum atomic E-state index is -0.936. The van der Waals surface area contributed by atoms with Gasteiger partial charge in [-0.2, -0.15) is 0 Å². The Bertz CT molecular complexity index is 552. The third kappa shape index (κ3) is 4.91. The molecule has 0 aliphatic rings. The van der Waals surface area contributed by atoms with Gasteiger partial charge in [-0.25, -0.2) is 4.79 Å². The second kappa shape index (κ2) is 8.03. The molecular weight excluding hydrogens is 308 g/mol. The maximum atomic E-state index is 12.2. The van der Waals surface area contributed by atoms with Crippen LogP contribution in [-0.2, 0) is 9.53 Å². The van der Waals surface area contributed by atoms with Gasteiger partial charge in [0.1, 0.15) is 11.5 Å². The van der Waals surface area contributed by atoms with E-state index in [0.29, 0.717) is 10.8 Å². The van der Waals surface area contributed by atoms with Gasteiger partial charge in [-0.1, -0.05) is 11.6 Å². The number of halogens is 1. The van der Waals surface area contributed by atoms with E-state index < -0.39 is 11.8 Å². The van der Waals surface area contributed by atoms with Gasteiger partial charge in [-0.3, -0.25) is 4.79 Å². The topological polar surface area (TPSA) is 61.8 Å². The number of rotatable bonds is 7. The van der Waals surface area contributed by atoms with E-state index in [0.717, 1.165) is 0 Å². The Morgan fingerprint density at radius 2 is 1.59 bits per heavy atom. The Morgan fingerprint density at radius 1 is 1.05 bits per heavy atom. The quantitative estimate of drug-likeness (QED) is 0.434. The molecule has 0 saturated heterocycles. The number of hydrogen-bond donors (Lipinski definition) is 0. The van der Waals surface area contributed by atoms with Crippen LogP contribution in [0.1, 0.15) is 45.0 Å². The molecule has 0 bridgehead atoms. The van der Waals surface area contributed by atoms with Crippen LogP contribution in [0.3, 0.4) is 0 Å². The number of benzene rings is 1. The highest BCUT2D eigenvalue weighted by molar-refractivity contribution is 6.41. The molecule has 22 heavy (non-hydrogen) atoms. The van der Waals surface area contributed by atoms with Crippen molar-refractivity contribution in [2.75, 3.05) is 6.61 Å². The van der Waals surface area contributed by atoms with E-state index in [1.807, 2.05) is 27.7 Å². The molecule has 5 nitrogen and oxygen atoms in total. The number of hydrogen-bond acceptors (Lipinski definition) is 5. The average molecular weight is 329 g/mol. The molecule has 0 radical (unpaired) electrons. The third-order valence-corrected chi connectivity index (χ3v) is 2.76. The summed E-state index contributed by atoms with van der Waals surface area (Å²) in [6.07, 6.45) is -0.304. The van der Waals surface area contributed by atoms with E-state index in [2.05, 4.69) is 0 Å². The van der Waals surface area contributed by atoms with Crippen LogP contribution in [0.5, 0.6) is 11.5 Å². The SMILES string of the molecule is CCOC(=O)C(=O)c1cc(OC(C)C)c(Cl)cc1OC(C)C. The van der Waals surface area contributed by atoms with Crippen molar-refractivity contribution in [1.29, 1.82) is 0 Å². The van der Waals surface area contributed by atoms with Crippen molar-refractivity contribution < 1.29 is 23.8 Å². The van der Waals surface area contributed by atoms with Gasteiger partial charge < -0.3 is 14.2 Å². The summed E-state index contributed by atoms with van der Waals surface area (Å²) in [6.45, 7) is 9.04. The Hall–Kier alpha value is -1.75. The number of esters is 1. The smallest absolute Gasteiger partial charge is 0.379 e. The predicted molar refractivity (Wildman–Crippen MR) is 83.9 cm³/mol. The summed E-state index contributed by atoms with van der Waals surface area (Å²) >= 11 is 6.14. The second-order valence-electron chi connectivity index (χ2n) is 5.16. The predicted octanol–water partition coefficient (Wildman–Crippen LogP) is 3.66. The highest BCUT2D eigenvalue weighted by Gasteiger charge is 2.25. The van der Waals surface area contributed by atoms with Crippen LogP contribution in [0.15, 0.2) is 12.1 Å². The van der Waals surface area contributed by atoms with Gasteiger partial charge in [-0.15, -0.1) is 0 Å². The van der Waals surface area contributed by atoms with Crippen molar-refractivity contribution in [3.05, 3.63) is 22.7 Å². The van der Waals surface area contributed by atoms with Crippen LogP contribution in [0, 0.1) is 0 Å². The zero-order chi connectivity index (χ0) is 16.9. The molecule has 0 atom stereocenters. The van der Waals surface area contributed by atoms with E-state index in [1.54, 1.807) is 6.92 Å². The normalized spacial score (nSPS) is 10.7. The fourth-order valence-corrected chi connectivity index (χ4v) is 1.91. The fourth-order valence-electron chi connectivity index (χ4n) is 1.71. The molecule has 0 fully saturated rings. The largest absolute Gasteiger partial charge is 0.490 e. The van der Waals surface area contributed by atoms with Crippen LogP contribution >= 0.6 is 11.6 Å². The standard InChI is InChI=1S/C16H21ClO5/c1-6-20-16(19)15(18)11-7-14(22-10(4)5)12(17)8-13(11)21-9(2)3/h7-10H,6H2,1-5H3. The van der Waals surface area contributed by atoms with E-state index in [4.69, 9.17) is 25.8 Å². The molecule has 1 aromatic rings. The molecule has 0 N–H and O–H groups in total. The summed E-state index contributed by atoms with van der Waals surface area (Å²) < 4.78 is 15.9. The van der Waals surface area contributed by atoms with E-state index >= 15 is 0 Å². The second-order valence-corrected chi connectivity index (χ2v) is 5.57. The summed E-state index contributed by atoms with van der Waals surface area (Å²) in [6, 6.07) is 2.89. The molecule has 0 aliphatic carbocycles. The van der Waals surface area contributed by atoms with Gasteiger partial charge in [0.2, 0.25) is 0 Å². The van der Waals surface area contributed by atoms with Crippen molar-refractivity contribution in [2.45, 2.75) is 46.8 Å². The molecule has 0 unspecified atom stereocenters. The molecule has 0 heterocycles. The van der Waals surface area contributed by atoms with E-state index in [1.165, 1.54) is 12.1 Å². The first-order valence-electron chi connectivity index (χ1n) is 7.14. The zero-order valence-corrected chi connectivity index (χ0v) is 14.2. The third-order valence-electron chi connectivity index (χ3n) is 2.46. The first-order valence-corrected chi connectivity index (χ1v) is 7.52. The summed E-state index contributed by atoms with van der Waals surface area (Å²) in [5.41, 5.74) is 0.0761. The fraction of sp³-hybridized carbons (Fsp3) is 0.500. The number of Topliss-reactive ketones (excluding diaryl/α,β-unsaturated/α-hetero) is 1. The van der Waals surface area contributed by atoms with Crippen LogP contribution in [0.25, 0.3) is 0 Å². The number of ether oxygens (including phenoxy) is 3. The van der Waals surface area contributed by atoms with Gasteiger partial charge in [0.15, 0.2) is 0 Å². The molecule has 6 heteroatoms. The van der Waals surface area contributed by atoms with Gasteiger partial charge in [0, 0.05) is 6.07 Å². The molecule has 1 aromatic carbocycles. The Morgan fingerprint density at radius 3 is 2.09 bits per heavy atom. The van der Waals surface area contributed by atoms with Crippen molar-refractivity contribution >= 4 is 23.4 Å². The first kappa shape index (κ1) is 18.3. The average Bonchev–Trinajstić information content (AvgIpc) is 2.40. The van der Waals surface area contributed by atoms with Gasteiger partial charge in [0.25, 0.3) is 5.78 Å². The highest BCUT2D eigenvalue weighted by atomic mass is 35.5. The molecule has 0 amide bonds. The van der Waals surface area contributed by atoms with Gasteiger partial charge >= 0.3 is 5.97 Å². The molecule has 0 aromatic heterocycles. The lowest BCUT2D eigenvalue weighted by Crippen LogP contribution is -2.20. The Labute approximate surface area is 135 Å². The lowest BCUT2D eigenvalue weighted by molar-refractivity contribution is -0.137. The maximum absolute atomic E-state index is 12.2. The van der Waals surface area contributed by atoms with Crippen LogP contribution in [-0.4, -0.2) is 30.6 Å². The van der Waals surface area contributed by atoms with E-state index in [9.17, 15) is 9.59 Å². The maximum Gasteiger partial charge on any atom is 0.379 e. The number of carbonyl (C=O) groups is 2. The summed E-state index contributed by atoms with van der Waals surface area (Å²) in [5, 5.41) is 0.310. The van der Waals surface area contributed by atoms with Gasteiger partial charge in [-0.05, 0) is 40.7 Å². The van der Waals surface area contributed by atoms with Crippen molar-refractivity contribution in [2.24, 2.45) is 0 Å². The lowest BCUT2D eigenvalue weighted by Gasteiger charge is -2.17. The molecular formula is C16H21ClO5. The minimum Gasteiger partial charge on any atom is -0.490 e.